The molecule has 0 radical (unpaired) electrons. The molecule has 0 fully saturated rings. The van der Waals surface area contributed by atoms with Gasteiger partial charge >= 0.3 is 0 Å². The lowest BCUT2D eigenvalue weighted by Gasteiger charge is -2.46. The van der Waals surface area contributed by atoms with Crippen LogP contribution in [-0.2, 0) is 5.41 Å². The highest BCUT2D eigenvalue weighted by Gasteiger charge is 2.48. The predicted molar refractivity (Wildman–Crippen MR) is 238 cm³/mol. The fourth-order valence-corrected chi connectivity index (χ4v) is 11.4. The van der Waals surface area contributed by atoms with E-state index in [9.17, 15) is 0 Å². The predicted octanol–water partition coefficient (Wildman–Crippen LogP) is 15.2. The number of furan rings is 1. The summed E-state index contributed by atoms with van der Waals surface area (Å²) in [7, 11) is 0. The van der Waals surface area contributed by atoms with Gasteiger partial charge in [0.2, 0.25) is 0 Å². The molecule has 0 N–H and O–H groups in total. The third-order valence-electron chi connectivity index (χ3n) is 11.5. The summed E-state index contributed by atoms with van der Waals surface area (Å²) in [6, 6.07) is 58.1. The van der Waals surface area contributed by atoms with Crippen LogP contribution in [0.1, 0.15) is 29.1 Å². The largest absolute Gasteiger partial charge is 0.453 e. The maximum atomic E-state index is 8.72. The van der Waals surface area contributed by atoms with Crippen LogP contribution in [0, 0.1) is 0 Å². The molecule has 2 nitrogen and oxygen atoms in total. The summed E-state index contributed by atoms with van der Waals surface area (Å²) < 4.78 is 49.3. The van der Waals surface area contributed by atoms with Gasteiger partial charge in [0.25, 0.3) is 0 Å². The molecule has 2 aliphatic rings. The minimum Gasteiger partial charge on any atom is -0.453 e. The molecule has 12 rings (SSSR count). The second-order valence-corrected chi connectivity index (χ2v) is 16.6. The molecule has 0 saturated heterocycles. The van der Waals surface area contributed by atoms with Gasteiger partial charge in [0.05, 0.1) is 18.0 Å². The van der Waals surface area contributed by atoms with Crippen molar-refractivity contribution in [3.63, 3.8) is 0 Å². The Labute approximate surface area is 346 Å². The fourth-order valence-electron chi connectivity index (χ4n) is 9.03. The summed E-state index contributed by atoms with van der Waals surface area (Å²) in [5.74, 6) is 0. The third-order valence-corrected chi connectivity index (χ3v) is 13.8. The number of hydrogen-bond donors (Lipinski definition) is 0. The maximum absolute atomic E-state index is 8.72. The summed E-state index contributed by atoms with van der Waals surface area (Å²) in [4.78, 5) is 7.08. The number of fused-ring (bicyclic) bond motifs is 13. The Balaban J connectivity index is 1.13. The van der Waals surface area contributed by atoms with Crippen molar-refractivity contribution in [2.24, 2.45) is 0 Å². The number of anilines is 3. The topological polar surface area (TPSA) is 16.4 Å². The molecule has 0 unspecified atom stereocenters. The lowest BCUT2D eigenvalue weighted by Crippen LogP contribution is -2.36. The molecule has 9 aromatic carbocycles. The van der Waals surface area contributed by atoms with Crippen LogP contribution in [0.5, 0.6) is 0 Å². The monoisotopic (exact) mass is 768 g/mol. The first kappa shape index (κ1) is 28.0. The Kier molecular flexibility index (Phi) is 6.28. The zero-order chi connectivity index (χ0) is 41.9. The number of nitrogens with zero attached hydrogens (tertiary/aromatic N) is 1. The van der Waals surface area contributed by atoms with Gasteiger partial charge in [-0.25, -0.2) is 0 Å². The van der Waals surface area contributed by atoms with Crippen molar-refractivity contribution in [1.82, 2.24) is 0 Å². The van der Waals surface area contributed by atoms with Crippen molar-refractivity contribution in [3.8, 4) is 11.1 Å². The van der Waals surface area contributed by atoms with Crippen LogP contribution in [0.3, 0.4) is 0 Å². The molecule has 0 saturated carbocycles. The van der Waals surface area contributed by atoms with Gasteiger partial charge in [-0.05, 0) is 99.4 Å². The highest BCUT2D eigenvalue weighted by atomic mass is 32.2. The minimum atomic E-state index is -0.619. The molecule has 268 valence electrons. The number of hydrogen-bond acceptors (Lipinski definition) is 4. The van der Waals surface area contributed by atoms with Crippen molar-refractivity contribution in [3.05, 3.63) is 222 Å². The second kappa shape index (κ2) is 12.8. The molecule has 3 heterocycles. The van der Waals surface area contributed by atoms with Crippen molar-refractivity contribution in [2.75, 3.05) is 4.90 Å². The second-order valence-electron chi connectivity index (χ2n) is 14.4. The van der Waals surface area contributed by atoms with E-state index in [-0.39, 0.29) is 29.7 Å². The first-order chi connectivity index (χ1) is 30.3. The van der Waals surface area contributed by atoms with Crippen LogP contribution in [0.4, 0.5) is 17.1 Å². The van der Waals surface area contributed by atoms with Gasteiger partial charge in [-0.15, -0.1) is 0 Å². The SMILES string of the molecule is [2H]c1c([2H])c([2H])c(-c2ccc(N(c3ccc4c(c3)C3(c5ccccc5Sc5ccccc53)c3ccccc3S4)c3cccc4c3oc3c5ccccc5ccc43)cc2)c([2H])c1[2H]. The average Bonchev–Trinajstić information content (AvgIpc) is 3.71. The Morgan fingerprint density at radius 2 is 1.02 bits per heavy atom. The molecule has 0 atom stereocenters. The van der Waals surface area contributed by atoms with E-state index in [0.717, 1.165) is 49.8 Å². The lowest BCUT2D eigenvalue weighted by atomic mass is 9.64. The lowest BCUT2D eigenvalue weighted by molar-refractivity contribution is 0.666. The summed E-state index contributed by atoms with van der Waals surface area (Å²) in [6.07, 6.45) is 0. The average molecular weight is 769 g/mol. The first-order valence-corrected chi connectivity index (χ1v) is 20.6. The van der Waals surface area contributed by atoms with Crippen molar-refractivity contribution >= 4 is 73.3 Å². The fraction of sp³-hybridized carbons (Fsp3) is 0.0189. The zero-order valence-electron chi connectivity index (χ0n) is 35.3. The molecule has 1 spiro atoms. The Hall–Kier alpha value is -6.46. The standard InChI is InChI=1S/C53H33NOS2/c1-2-13-34(14-3-1)35-25-28-37(29-26-35)54(46-21-12-17-40-41-31-27-36-15-4-5-16-39(36)51(41)55-52(40)46)38-30-32-50-45(33-38)53(44-20-8-11-24-49(44)57-50)42-18-6-9-22-47(42)56-48-23-10-7-19-43(48)53/h1-33H/i1D,2D,3D,13D,14D. The van der Waals surface area contributed by atoms with E-state index in [0.29, 0.717) is 5.56 Å². The smallest absolute Gasteiger partial charge is 0.159 e. The Morgan fingerprint density at radius 1 is 0.439 bits per heavy atom. The van der Waals surface area contributed by atoms with Gasteiger partial charge < -0.3 is 9.32 Å². The van der Waals surface area contributed by atoms with Crippen LogP contribution in [0.25, 0.3) is 43.8 Å². The molecular weight excluding hydrogens is 731 g/mol. The van der Waals surface area contributed by atoms with E-state index in [1.165, 1.54) is 41.8 Å². The first-order valence-electron chi connectivity index (χ1n) is 21.4. The van der Waals surface area contributed by atoms with E-state index < -0.39 is 11.5 Å². The Morgan fingerprint density at radius 3 is 1.72 bits per heavy atom. The molecule has 1 aromatic heterocycles. The molecule has 0 aliphatic carbocycles. The van der Waals surface area contributed by atoms with Gasteiger partial charge in [0.15, 0.2) is 5.58 Å². The molecule has 4 heteroatoms. The van der Waals surface area contributed by atoms with E-state index in [1.807, 2.05) is 48.2 Å². The zero-order valence-corrected chi connectivity index (χ0v) is 32.0. The highest BCUT2D eigenvalue weighted by molar-refractivity contribution is 8.00. The van der Waals surface area contributed by atoms with Gasteiger partial charge in [-0.2, -0.15) is 0 Å². The van der Waals surface area contributed by atoms with E-state index in [4.69, 9.17) is 11.3 Å². The van der Waals surface area contributed by atoms with Crippen LogP contribution in [0.15, 0.2) is 224 Å². The normalized spacial score (nSPS) is 14.8. The van der Waals surface area contributed by atoms with Crippen LogP contribution in [0.2, 0.25) is 0 Å². The quantitative estimate of drug-likeness (QED) is 0.177. The molecule has 2 aliphatic heterocycles. The molecule has 10 aromatic rings. The van der Waals surface area contributed by atoms with Crippen LogP contribution in [-0.4, -0.2) is 0 Å². The van der Waals surface area contributed by atoms with E-state index in [2.05, 4.69) is 138 Å². The number of para-hydroxylation sites is 1. The maximum Gasteiger partial charge on any atom is 0.159 e. The summed E-state index contributed by atoms with van der Waals surface area (Å²) in [6.45, 7) is 0. The van der Waals surface area contributed by atoms with Gasteiger partial charge in [0, 0.05) is 47.1 Å². The molecule has 0 amide bonds. The minimum absolute atomic E-state index is 0.166. The highest BCUT2D eigenvalue weighted by Crippen LogP contribution is 2.62. The van der Waals surface area contributed by atoms with E-state index in [1.54, 1.807) is 11.8 Å². The van der Waals surface area contributed by atoms with Gasteiger partial charge in [-0.1, -0.05) is 163 Å². The van der Waals surface area contributed by atoms with Gasteiger partial charge in [-0.3, -0.25) is 0 Å². The third kappa shape index (κ3) is 4.88. The molecule has 0 bridgehead atoms. The molecule has 57 heavy (non-hydrogen) atoms. The number of benzene rings is 9. The van der Waals surface area contributed by atoms with Gasteiger partial charge in [0.1, 0.15) is 5.58 Å². The van der Waals surface area contributed by atoms with E-state index >= 15 is 0 Å². The number of rotatable bonds is 4. The Bertz CT molecular complexity index is 3380. The summed E-state index contributed by atoms with van der Waals surface area (Å²) >= 11 is 3.62. The summed E-state index contributed by atoms with van der Waals surface area (Å²) in [5, 5.41) is 4.17. The van der Waals surface area contributed by atoms with Crippen molar-refractivity contribution in [2.45, 2.75) is 25.0 Å². The van der Waals surface area contributed by atoms with Crippen LogP contribution >= 0.6 is 23.5 Å². The van der Waals surface area contributed by atoms with Crippen molar-refractivity contribution in [1.29, 1.82) is 0 Å². The van der Waals surface area contributed by atoms with Crippen LogP contribution < -0.4 is 4.90 Å². The summed E-state index contributed by atoms with van der Waals surface area (Å²) in [5.41, 5.74) is 9.15. The molecular formula is C53H33NOS2. The van der Waals surface area contributed by atoms with Crippen molar-refractivity contribution < 1.29 is 11.3 Å².